The second-order valence-corrected chi connectivity index (χ2v) is 6.48. The third-order valence-electron chi connectivity index (χ3n) is 1.85. The summed E-state index contributed by atoms with van der Waals surface area (Å²) in [5, 5.41) is 1.43. The molecule has 6 N–H and O–H groups in total. The highest BCUT2D eigenvalue weighted by molar-refractivity contribution is 7.91. The van der Waals surface area contributed by atoms with Crippen LogP contribution in [-0.2, 0) is 19.6 Å². The van der Waals surface area contributed by atoms with Gasteiger partial charge in [0.1, 0.15) is 4.21 Å². The minimum absolute atomic E-state index is 0.0810. The average molecular weight is 292 g/mol. The number of rotatable bonds is 6. The minimum Gasteiger partial charge on any atom is -0.398 e. The number of sulfonamides is 1. The molecule has 2 amide bonds. The fourth-order valence-electron chi connectivity index (χ4n) is 1.17. The van der Waals surface area contributed by atoms with Gasteiger partial charge in [0.15, 0.2) is 0 Å². The number of primary amides is 2. The lowest BCUT2D eigenvalue weighted by Crippen LogP contribution is -2.43. The molecule has 0 aromatic carbocycles. The van der Waals surface area contributed by atoms with Crippen LogP contribution in [0.4, 0.5) is 5.69 Å². The third-order valence-corrected chi connectivity index (χ3v) is 5.08. The number of hydrogen-bond donors (Lipinski definition) is 3. The van der Waals surface area contributed by atoms with E-state index in [1.54, 1.807) is 0 Å². The van der Waals surface area contributed by atoms with Gasteiger partial charge in [-0.15, -0.1) is 11.3 Å². The zero-order valence-corrected chi connectivity index (χ0v) is 10.8. The molecule has 18 heavy (non-hydrogen) atoms. The number of thiophene rings is 1. The van der Waals surface area contributed by atoms with Gasteiger partial charge in [-0.05, 0) is 6.07 Å². The maximum absolute atomic E-state index is 12.1. The van der Waals surface area contributed by atoms with Crippen molar-refractivity contribution in [1.82, 2.24) is 4.31 Å². The maximum Gasteiger partial charge on any atom is 0.253 e. The summed E-state index contributed by atoms with van der Waals surface area (Å²) in [4.78, 5) is 21.6. The van der Waals surface area contributed by atoms with Crippen LogP contribution >= 0.6 is 11.3 Å². The predicted octanol–water partition coefficient (Wildman–Crippen LogP) is -1.71. The summed E-state index contributed by atoms with van der Waals surface area (Å²) in [5.74, 6) is -1.77. The van der Waals surface area contributed by atoms with Crippen LogP contribution in [0.3, 0.4) is 0 Å². The fourth-order valence-corrected chi connectivity index (χ4v) is 3.77. The number of nitrogens with zero attached hydrogens (tertiary/aromatic N) is 1. The molecule has 1 rings (SSSR count). The van der Waals surface area contributed by atoms with Crippen molar-refractivity contribution in [2.24, 2.45) is 11.5 Å². The van der Waals surface area contributed by atoms with E-state index < -0.39 is 34.9 Å². The molecule has 0 aliphatic carbocycles. The molecule has 0 fully saturated rings. The number of hydrogen-bond acceptors (Lipinski definition) is 6. The molecule has 100 valence electrons. The Labute approximate surface area is 107 Å². The fraction of sp³-hybridized carbons (Fsp3) is 0.250. The van der Waals surface area contributed by atoms with Gasteiger partial charge in [0.05, 0.1) is 13.1 Å². The van der Waals surface area contributed by atoms with E-state index in [9.17, 15) is 18.0 Å². The third kappa shape index (κ3) is 3.42. The first-order valence-electron chi connectivity index (χ1n) is 4.64. The normalized spacial score (nSPS) is 11.6. The molecule has 1 aromatic rings. The largest absolute Gasteiger partial charge is 0.398 e. The summed E-state index contributed by atoms with van der Waals surface area (Å²) >= 11 is 0.880. The molecule has 0 unspecified atom stereocenters. The van der Waals surface area contributed by atoms with Gasteiger partial charge in [-0.25, -0.2) is 8.42 Å². The molecule has 0 radical (unpaired) electrons. The Morgan fingerprint density at radius 3 is 2.06 bits per heavy atom. The van der Waals surface area contributed by atoms with E-state index in [1.807, 2.05) is 0 Å². The lowest BCUT2D eigenvalue weighted by atomic mass is 10.5. The van der Waals surface area contributed by atoms with Gasteiger partial charge >= 0.3 is 0 Å². The minimum atomic E-state index is -4.00. The lowest BCUT2D eigenvalue weighted by Gasteiger charge is -2.17. The summed E-state index contributed by atoms with van der Waals surface area (Å²) < 4.78 is 24.7. The maximum atomic E-state index is 12.1. The Morgan fingerprint density at radius 1 is 1.22 bits per heavy atom. The summed E-state index contributed by atoms with van der Waals surface area (Å²) in [7, 11) is -4.00. The highest BCUT2D eigenvalue weighted by Crippen LogP contribution is 2.24. The highest BCUT2D eigenvalue weighted by Gasteiger charge is 2.28. The zero-order chi connectivity index (χ0) is 13.9. The summed E-state index contributed by atoms with van der Waals surface area (Å²) in [6.07, 6.45) is 0. The average Bonchev–Trinajstić information content (AvgIpc) is 2.63. The Kier molecular flexibility index (Phi) is 4.27. The van der Waals surface area contributed by atoms with E-state index in [-0.39, 0.29) is 9.90 Å². The Balaban J connectivity index is 3.10. The van der Waals surface area contributed by atoms with Crippen LogP contribution < -0.4 is 17.2 Å². The molecule has 1 aromatic heterocycles. The van der Waals surface area contributed by atoms with E-state index >= 15 is 0 Å². The Morgan fingerprint density at radius 2 is 1.72 bits per heavy atom. The molecule has 0 bridgehead atoms. The Bertz CT molecular complexity index is 549. The number of anilines is 1. The first kappa shape index (κ1) is 14.4. The van der Waals surface area contributed by atoms with Crippen LogP contribution in [0.15, 0.2) is 15.7 Å². The van der Waals surface area contributed by atoms with Gasteiger partial charge in [-0.1, -0.05) is 0 Å². The topological polar surface area (TPSA) is 150 Å². The van der Waals surface area contributed by atoms with Crippen molar-refractivity contribution in [3.8, 4) is 0 Å². The molecule has 0 saturated carbocycles. The van der Waals surface area contributed by atoms with Crippen LogP contribution in [-0.4, -0.2) is 37.6 Å². The number of carbonyl (C=O) groups excluding carboxylic acids is 2. The van der Waals surface area contributed by atoms with Crippen LogP contribution in [0.5, 0.6) is 0 Å². The first-order chi connectivity index (χ1) is 8.23. The zero-order valence-electron chi connectivity index (χ0n) is 9.20. The molecular formula is C8H12N4O4S2. The number of carbonyl (C=O) groups is 2. The SMILES string of the molecule is NC(=O)CN(CC(N)=O)S(=O)(=O)c1cc(N)cs1. The van der Waals surface area contributed by atoms with Crippen LogP contribution in [0.2, 0.25) is 0 Å². The summed E-state index contributed by atoms with van der Waals surface area (Å²) in [5.41, 5.74) is 15.6. The lowest BCUT2D eigenvalue weighted by molar-refractivity contribution is -0.120. The van der Waals surface area contributed by atoms with Crippen molar-refractivity contribution in [3.05, 3.63) is 11.4 Å². The van der Waals surface area contributed by atoms with Crippen LogP contribution in [0, 0.1) is 0 Å². The van der Waals surface area contributed by atoms with Gasteiger partial charge in [0.2, 0.25) is 11.8 Å². The number of nitrogens with two attached hydrogens (primary N) is 3. The standard InChI is InChI=1S/C8H12N4O4S2/c9-5-1-8(17-4-5)18(15,16)12(2-6(10)13)3-7(11)14/h1,4H,2-3,9H2,(H2,10,13)(H2,11,14). The summed E-state index contributed by atoms with van der Waals surface area (Å²) in [6.45, 7) is -1.24. The number of nitrogen functional groups attached to an aromatic ring is 1. The number of amides is 2. The van der Waals surface area contributed by atoms with Crippen molar-refractivity contribution < 1.29 is 18.0 Å². The molecule has 10 heteroatoms. The molecule has 0 saturated heterocycles. The summed E-state index contributed by atoms with van der Waals surface area (Å²) in [6, 6.07) is 1.23. The molecule has 8 nitrogen and oxygen atoms in total. The van der Waals surface area contributed by atoms with Gasteiger partial charge in [0, 0.05) is 11.1 Å². The van der Waals surface area contributed by atoms with E-state index in [2.05, 4.69) is 0 Å². The monoisotopic (exact) mass is 292 g/mol. The molecular weight excluding hydrogens is 280 g/mol. The molecule has 0 atom stereocenters. The van der Waals surface area contributed by atoms with Crippen LogP contribution in [0.25, 0.3) is 0 Å². The van der Waals surface area contributed by atoms with Crippen molar-refractivity contribution in [1.29, 1.82) is 0 Å². The quantitative estimate of drug-likeness (QED) is 0.570. The van der Waals surface area contributed by atoms with Gasteiger partial charge in [-0.3, -0.25) is 9.59 Å². The molecule has 0 aliphatic rings. The van der Waals surface area contributed by atoms with Gasteiger partial charge in [-0.2, -0.15) is 4.31 Å². The second-order valence-electron chi connectivity index (χ2n) is 3.40. The molecule has 1 heterocycles. The predicted molar refractivity (Wildman–Crippen MR) is 65.9 cm³/mol. The van der Waals surface area contributed by atoms with Crippen molar-refractivity contribution in [2.75, 3.05) is 18.8 Å². The second kappa shape index (κ2) is 5.33. The van der Waals surface area contributed by atoms with E-state index in [0.29, 0.717) is 4.31 Å². The van der Waals surface area contributed by atoms with Crippen LogP contribution in [0.1, 0.15) is 0 Å². The van der Waals surface area contributed by atoms with Crippen molar-refractivity contribution in [2.45, 2.75) is 4.21 Å². The van der Waals surface area contributed by atoms with Crippen molar-refractivity contribution in [3.63, 3.8) is 0 Å². The Hall–Kier alpha value is -1.65. The van der Waals surface area contributed by atoms with E-state index in [0.717, 1.165) is 11.3 Å². The molecule has 0 spiro atoms. The van der Waals surface area contributed by atoms with Crippen molar-refractivity contribution >= 4 is 38.9 Å². The molecule has 0 aliphatic heterocycles. The smallest absolute Gasteiger partial charge is 0.253 e. The highest BCUT2D eigenvalue weighted by atomic mass is 32.2. The first-order valence-corrected chi connectivity index (χ1v) is 6.96. The van der Waals surface area contributed by atoms with Gasteiger partial charge in [0.25, 0.3) is 10.0 Å². The van der Waals surface area contributed by atoms with E-state index in [1.165, 1.54) is 11.4 Å². The van der Waals surface area contributed by atoms with E-state index in [4.69, 9.17) is 17.2 Å². The van der Waals surface area contributed by atoms with Gasteiger partial charge < -0.3 is 17.2 Å².